The number of aliphatic hydroxyl groups excluding tert-OH is 1. The van der Waals surface area contributed by atoms with Gasteiger partial charge >= 0.3 is 0 Å². The van der Waals surface area contributed by atoms with Crippen LogP contribution in [-0.4, -0.2) is 40.9 Å². The van der Waals surface area contributed by atoms with E-state index in [1.807, 2.05) is 11.9 Å². The zero-order chi connectivity index (χ0) is 14.6. The van der Waals surface area contributed by atoms with Gasteiger partial charge in [-0.15, -0.1) is 0 Å². The second kappa shape index (κ2) is 6.41. The van der Waals surface area contributed by atoms with Crippen LogP contribution in [0.2, 0.25) is 0 Å². The molecule has 0 saturated heterocycles. The molecule has 0 fully saturated rings. The first-order valence-corrected chi connectivity index (χ1v) is 6.22. The van der Waals surface area contributed by atoms with E-state index in [1.54, 1.807) is 13.8 Å². The van der Waals surface area contributed by atoms with Crippen LogP contribution >= 0.6 is 0 Å². The summed E-state index contributed by atoms with van der Waals surface area (Å²) in [6, 6.07) is 3.03. The zero-order valence-electron chi connectivity index (χ0n) is 11.5. The lowest BCUT2D eigenvalue weighted by Gasteiger charge is -2.26. The van der Waals surface area contributed by atoms with Gasteiger partial charge in [-0.1, -0.05) is 0 Å². The van der Waals surface area contributed by atoms with Crippen LogP contribution in [0, 0.1) is 11.6 Å². The van der Waals surface area contributed by atoms with Crippen molar-refractivity contribution in [2.45, 2.75) is 32.0 Å². The number of aliphatic hydroxyl groups is 2. The summed E-state index contributed by atoms with van der Waals surface area (Å²) >= 11 is 0. The molecule has 0 aromatic heterocycles. The average molecular weight is 273 g/mol. The molecule has 1 atom stereocenters. The van der Waals surface area contributed by atoms with Crippen molar-refractivity contribution in [3.63, 3.8) is 0 Å². The van der Waals surface area contributed by atoms with Crippen molar-refractivity contribution in [2.24, 2.45) is 0 Å². The lowest BCUT2D eigenvalue weighted by molar-refractivity contribution is 0.0393. The van der Waals surface area contributed by atoms with Gasteiger partial charge in [0.25, 0.3) is 0 Å². The first-order chi connectivity index (χ1) is 8.67. The normalized spacial score (nSPS) is 13.9. The highest BCUT2D eigenvalue weighted by atomic mass is 19.1. The molecule has 0 saturated carbocycles. The predicted molar refractivity (Wildman–Crippen MR) is 69.7 cm³/mol. The van der Waals surface area contributed by atoms with Gasteiger partial charge in [0.1, 0.15) is 11.6 Å². The fourth-order valence-electron chi connectivity index (χ4n) is 2.02. The van der Waals surface area contributed by atoms with Crippen LogP contribution in [0.5, 0.6) is 0 Å². The molecule has 1 aromatic rings. The van der Waals surface area contributed by atoms with Crippen LogP contribution in [0.15, 0.2) is 18.2 Å². The van der Waals surface area contributed by atoms with Crippen LogP contribution in [0.25, 0.3) is 0 Å². The molecule has 0 heterocycles. The number of hydrogen-bond acceptors (Lipinski definition) is 3. The summed E-state index contributed by atoms with van der Waals surface area (Å²) in [7, 11) is 1.82. The van der Waals surface area contributed by atoms with Gasteiger partial charge in [0, 0.05) is 19.2 Å². The Labute approximate surface area is 112 Å². The Morgan fingerprint density at radius 2 is 1.74 bits per heavy atom. The second-order valence-electron chi connectivity index (χ2n) is 5.56. The Morgan fingerprint density at radius 3 is 2.21 bits per heavy atom. The maximum atomic E-state index is 13.0. The van der Waals surface area contributed by atoms with Gasteiger partial charge < -0.3 is 15.1 Å². The molecule has 108 valence electrons. The summed E-state index contributed by atoms with van der Waals surface area (Å²) in [5.41, 5.74) is -0.584. The predicted octanol–water partition coefficient (Wildman–Crippen LogP) is 2.09. The van der Waals surface area contributed by atoms with Gasteiger partial charge in [0.15, 0.2) is 0 Å². The summed E-state index contributed by atoms with van der Waals surface area (Å²) in [5, 5.41) is 19.5. The number of halogens is 2. The Kier molecular flexibility index (Phi) is 5.40. The Hall–Kier alpha value is -1.04. The highest BCUT2D eigenvalue weighted by Gasteiger charge is 2.17. The quantitative estimate of drug-likeness (QED) is 0.834. The van der Waals surface area contributed by atoms with E-state index in [1.165, 1.54) is 0 Å². The third-order valence-electron chi connectivity index (χ3n) is 2.71. The third-order valence-corrected chi connectivity index (χ3v) is 2.71. The van der Waals surface area contributed by atoms with Gasteiger partial charge in [-0.25, -0.2) is 8.78 Å². The SMILES string of the molecule is CN(CCC(O)c1cc(F)cc(F)c1)CC(C)(C)O. The van der Waals surface area contributed by atoms with E-state index in [4.69, 9.17) is 0 Å². The van der Waals surface area contributed by atoms with Crippen molar-refractivity contribution in [3.8, 4) is 0 Å². The van der Waals surface area contributed by atoms with Gasteiger partial charge in [0.05, 0.1) is 11.7 Å². The van der Waals surface area contributed by atoms with E-state index >= 15 is 0 Å². The summed E-state index contributed by atoms with van der Waals surface area (Å²) in [6.45, 7) is 4.37. The Bertz CT molecular complexity index is 398. The summed E-state index contributed by atoms with van der Waals surface area (Å²) in [5.74, 6) is -1.39. The third kappa shape index (κ3) is 6.09. The van der Waals surface area contributed by atoms with E-state index in [0.717, 1.165) is 18.2 Å². The molecule has 0 aliphatic heterocycles. The van der Waals surface area contributed by atoms with E-state index in [9.17, 15) is 19.0 Å². The van der Waals surface area contributed by atoms with E-state index in [2.05, 4.69) is 0 Å². The van der Waals surface area contributed by atoms with Crippen LogP contribution in [-0.2, 0) is 0 Å². The number of hydrogen-bond donors (Lipinski definition) is 2. The lowest BCUT2D eigenvalue weighted by Crippen LogP contribution is -2.37. The zero-order valence-corrected chi connectivity index (χ0v) is 11.5. The molecule has 2 N–H and O–H groups in total. The van der Waals surface area contributed by atoms with Crippen LogP contribution in [0.3, 0.4) is 0 Å². The van der Waals surface area contributed by atoms with Crippen molar-refractivity contribution in [3.05, 3.63) is 35.4 Å². The molecule has 0 aliphatic carbocycles. The minimum absolute atomic E-state index is 0.231. The van der Waals surface area contributed by atoms with Crippen molar-refractivity contribution < 1.29 is 19.0 Å². The molecule has 0 aliphatic rings. The van der Waals surface area contributed by atoms with Crippen molar-refractivity contribution in [1.29, 1.82) is 0 Å². The lowest BCUT2D eigenvalue weighted by atomic mass is 10.1. The minimum Gasteiger partial charge on any atom is -0.389 e. The molecule has 3 nitrogen and oxygen atoms in total. The standard InChI is InChI=1S/C14H21F2NO2/c1-14(2,19)9-17(3)5-4-13(18)10-6-11(15)8-12(16)7-10/h6-8,13,18-19H,4-5,9H2,1-3H3. The number of likely N-dealkylation sites (N-methyl/N-ethyl adjacent to an activating group) is 1. The van der Waals surface area contributed by atoms with Crippen LogP contribution in [0.1, 0.15) is 31.9 Å². The molecule has 0 amide bonds. The van der Waals surface area contributed by atoms with Crippen molar-refractivity contribution in [1.82, 2.24) is 4.90 Å². The largest absolute Gasteiger partial charge is 0.389 e. The van der Waals surface area contributed by atoms with E-state index in [0.29, 0.717) is 19.5 Å². The molecule has 1 aromatic carbocycles. The first kappa shape index (κ1) is 16.0. The summed E-state index contributed by atoms with van der Waals surface area (Å²) in [4.78, 5) is 1.86. The Balaban J connectivity index is 2.53. The van der Waals surface area contributed by atoms with Crippen LogP contribution < -0.4 is 0 Å². The van der Waals surface area contributed by atoms with Crippen molar-refractivity contribution >= 4 is 0 Å². The smallest absolute Gasteiger partial charge is 0.126 e. The molecule has 1 unspecified atom stereocenters. The molecule has 5 heteroatoms. The topological polar surface area (TPSA) is 43.7 Å². The maximum absolute atomic E-state index is 13.0. The molecule has 1 rings (SSSR count). The van der Waals surface area contributed by atoms with Gasteiger partial charge in [-0.3, -0.25) is 0 Å². The molecular weight excluding hydrogens is 252 g/mol. The van der Waals surface area contributed by atoms with Crippen molar-refractivity contribution in [2.75, 3.05) is 20.1 Å². The first-order valence-electron chi connectivity index (χ1n) is 6.22. The van der Waals surface area contributed by atoms with E-state index < -0.39 is 23.3 Å². The molecule has 0 bridgehead atoms. The summed E-state index contributed by atoms with van der Waals surface area (Å²) < 4.78 is 26.0. The fraction of sp³-hybridized carbons (Fsp3) is 0.571. The maximum Gasteiger partial charge on any atom is 0.126 e. The molecule has 0 radical (unpaired) electrons. The summed E-state index contributed by atoms with van der Waals surface area (Å²) in [6.07, 6.45) is -0.579. The monoisotopic (exact) mass is 273 g/mol. The number of benzene rings is 1. The highest BCUT2D eigenvalue weighted by Crippen LogP contribution is 2.19. The minimum atomic E-state index is -0.922. The number of rotatable bonds is 6. The highest BCUT2D eigenvalue weighted by molar-refractivity contribution is 5.20. The molecule has 0 spiro atoms. The average Bonchev–Trinajstić information content (AvgIpc) is 2.22. The van der Waals surface area contributed by atoms with E-state index in [-0.39, 0.29) is 5.56 Å². The van der Waals surface area contributed by atoms with Gasteiger partial charge in [-0.05, 0) is 45.0 Å². The molecule has 19 heavy (non-hydrogen) atoms. The number of nitrogens with zero attached hydrogens (tertiary/aromatic N) is 1. The second-order valence-corrected chi connectivity index (χ2v) is 5.56. The fourth-order valence-corrected chi connectivity index (χ4v) is 2.02. The van der Waals surface area contributed by atoms with Crippen LogP contribution in [0.4, 0.5) is 8.78 Å². The van der Waals surface area contributed by atoms with Gasteiger partial charge in [0.2, 0.25) is 0 Å². The Morgan fingerprint density at radius 1 is 1.21 bits per heavy atom. The molecular formula is C14H21F2NO2. The van der Waals surface area contributed by atoms with Gasteiger partial charge in [-0.2, -0.15) is 0 Å².